The number of H-pyrrole nitrogens is 1. The molecular formula is C21H23ClN4O2. The number of carbonyl (C=O) groups is 1. The van der Waals surface area contributed by atoms with Crippen LogP contribution in [-0.4, -0.2) is 48.3 Å². The van der Waals surface area contributed by atoms with Crippen LogP contribution in [0.5, 0.6) is 5.75 Å². The quantitative estimate of drug-likeness (QED) is 0.604. The van der Waals surface area contributed by atoms with Gasteiger partial charge in [-0.1, -0.05) is 35.9 Å². The normalized spacial score (nSPS) is 10.9. The molecular weight excluding hydrogens is 376 g/mol. The topological polar surface area (TPSA) is 70.2 Å². The van der Waals surface area contributed by atoms with Crippen LogP contribution in [0.2, 0.25) is 5.02 Å². The van der Waals surface area contributed by atoms with Crippen LogP contribution in [0.1, 0.15) is 5.56 Å². The largest absolute Gasteiger partial charge is 0.490 e. The van der Waals surface area contributed by atoms with Crippen molar-refractivity contribution >= 4 is 23.2 Å². The number of halogens is 1. The van der Waals surface area contributed by atoms with Crippen molar-refractivity contribution in [1.29, 1.82) is 0 Å². The van der Waals surface area contributed by atoms with Crippen molar-refractivity contribution in [2.24, 2.45) is 0 Å². The van der Waals surface area contributed by atoms with Gasteiger partial charge in [0.15, 0.2) is 0 Å². The Hall–Kier alpha value is -2.83. The highest BCUT2D eigenvalue weighted by Crippen LogP contribution is 2.31. The molecule has 0 aliphatic heterocycles. The summed E-state index contributed by atoms with van der Waals surface area (Å²) in [6.45, 7) is 1.28. The summed E-state index contributed by atoms with van der Waals surface area (Å²) in [5.74, 6) is 0.467. The van der Waals surface area contributed by atoms with Crippen molar-refractivity contribution in [3.63, 3.8) is 0 Å². The van der Waals surface area contributed by atoms with Gasteiger partial charge in [-0.25, -0.2) is 0 Å². The monoisotopic (exact) mass is 398 g/mol. The summed E-state index contributed by atoms with van der Waals surface area (Å²) >= 11 is 6.16. The van der Waals surface area contributed by atoms with E-state index in [2.05, 4.69) is 15.5 Å². The summed E-state index contributed by atoms with van der Waals surface area (Å²) in [7, 11) is 3.97. The number of nitrogens with zero attached hydrogens (tertiary/aromatic N) is 2. The molecule has 0 radical (unpaired) electrons. The zero-order valence-corrected chi connectivity index (χ0v) is 16.7. The molecule has 2 N–H and O–H groups in total. The molecule has 0 aliphatic rings. The van der Waals surface area contributed by atoms with E-state index in [1.54, 1.807) is 12.3 Å². The second kappa shape index (κ2) is 9.39. The van der Waals surface area contributed by atoms with Gasteiger partial charge in [-0.15, -0.1) is 0 Å². The molecule has 6 nitrogen and oxygen atoms in total. The average Bonchev–Trinajstić information content (AvgIpc) is 3.19. The second-order valence-corrected chi connectivity index (χ2v) is 7.07. The van der Waals surface area contributed by atoms with Crippen molar-refractivity contribution in [3.8, 4) is 16.9 Å². The van der Waals surface area contributed by atoms with E-state index in [1.165, 1.54) is 0 Å². The molecule has 0 atom stereocenters. The van der Waals surface area contributed by atoms with Crippen molar-refractivity contribution in [2.75, 3.05) is 32.6 Å². The van der Waals surface area contributed by atoms with Gasteiger partial charge in [0, 0.05) is 23.3 Å². The molecule has 2 aromatic carbocycles. The lowest BCUT2D eigenvalue weighted by molar-refractivity contribution is -0.115. The third kappa shape index (κ3) is 5.34. The molecule has 1 aromatic heterocycles. The fourth-order valence-electron chi connectivity index (χ4n) is 2.68. The molecule has 0 saturated heterocycles. The summed E-state index contributed by atoms with van der Waals surface area (Å²) in [6, 6.07) is 13.0. The molecule has 1 amide bonds. The first kappa shape index (κ1) is 19.9. The Morgan fingerprint density at radius 2 is 2.04 bits per heavy atom. The van der Waals surface area contributed by atoms with Crippen LogP contribution in [0.3, 0.4) is 0 Å². The molecule has 7 heteroatoms. The Morgan fingerprint density at radius 1 is 1.21 bits per heavy atom. The molecule has 28 heavy (non-hydrogen) atoms. The zero-order chi connectivity index (χ0) is 19.9. The molecule has 0 bridgehead atoms. The van der Waals surface area contributed by atoms with E-state index in [1.807, 2.05) is 61.6 Å². The van der Waals surface area contributed by atoms with Crippen LogP contribution in [-0.2, 0) is 11.2 Å². The van der Waals surface area contributed by atoms with E-state index >= 15 is 0 Å². The number of hydrogen-bond donors (Lipinski definition) is 2. The number of amides is 1. The molecule has 0 aliphatic carbocycles. The lowest BCUT2D eigenvalue weighted by Gasteiger charge is -2.16. The number of ether oxygens (including phenoxy) is 1. The molecule has 1 heterocycles. The third-order valence-corrected chi connectivity index (χ3v) is 4.56. The Kier molecular flexibility index (Phi) is 6.68. The number of carbonyl (C=O) groups excluding carboxylic acids is 1. The summed E-state index contributed by atoms with van der Waals surface area (Å²) in [5.41, 5.74) is 3.32. The van der Waals surface area contributed by atoms with E-state index < -0.39 is 0 Å². The number of nitrogens with one attached hydrogen (secondary N) is 2. The molecule has 0 fully saturated rings. The SMILES string of the molecule is CN(C)CCOc1cc(-c2cn[nH]c2)ccc1NC(=O)Cc1ccccc1Cl. The fraction of sp³-hybridized carbons (Fsp3) is 0.238. The van der Waals surface area contributed by atoms with Gasteiger partial charge in [0.1, 0.15) is 12.4 Å². The van der Waals surface area contributed by atoms with E-state index in [4.69, 9.17) is 16.3 Å². The van der Waals surface area contributed by atoms with Crippen LogP contribution in [0.15, 0.2) is 54.9 Å². The molecule has 3 rings (SSSR count). The smallest absolute Gasteiger partial charge is 0.228 e. The standard InChI is InChI=1S/C21H23ClN4O2/c1-26(2)9-10-28-20-11-15(17-13-23-24-14-17)7-8-19(20)25-21(27)12-16-5-3-4-6-18(16)22/h3-8,11,13-14H,9-10,12H2,1-2H3,(H,23,24)(H,25,27). The minimum absolute atomic E-state index is 0.151. The Morgan fingerprint density at radius 3 is 2.75 bits per heavy atom. The second-order valence-electron chi connectivity index (χ2n) is 6.67. The third-order valence-electron chi connectivity index (χ3n) is 4.19. The van der Waals surface area contributed by atoms with Gasteiger partial charge in [0.25, 0.3) is 0 Å². The van der Waals surface area contributed by atoms with Crippen LogP contribution < -0.4 is 10.1 Å². The van der Waals surface area contributed by atoms with Crippen molar-refractivity contribution in [1.82, 2.24) is 15.1 Å². The maximum Gasteiger partial charge on any atom is 0.228 e. The number of anilines is 1. The van der Waals surface area contributed by atoms with E-state index in [0.717, 1.165) is 23.2 Å². The highest BCUT2D eigenvalue weighted by atomic mass is 35.5. The number of likely N-dealkylation sites (N-methyl/N-ethyl adjacent to an activating group) is 1. The van der Waals surface area contributed by atoms with Gasteiger partial charge < -0.3 is 15.0 Å². The van der Waals surface area contributed by atoms with Gasteiger partial charge in [-0.05, 0) is 43.4 Å². The number of aromatic nitrogens is 2. The first-order valence-corrected chi connectivity index (χ1v) is 9.34. The first-order chi connectivity index (χ1) is 13.5. The van der Waals surface area contributed by atoms with Gasteiger partial charge in [-0.2, -0.15) is 5.10 Å². The van der Waals surface area contributed by atoms with Crippen molar-refractivity contribution < 1.29 is 9.53 Å². The number of rotatable bonds is 8. The molecule has 0 spiro atoms. The van der Waals surface area contributed by atoms with E-state index in [0.29, 0.717) is 23.1 Å². The number of hydrogen-bond acceptors (Lipinski definition) is 4. The van der Waals surface area contributed by atoms with Crippen LogP contribution in [0, 0.1) is 0 Å². The Bertz CT molecular complexity index is 926. The van der Waals surface area contributed by atoms with Crippen LogP contribution in [0.25, 0.3) is 11.1 Å². The van der Waals surface area contributed by atoms with E-state index in [9.17, 15) is 4.79 Å². The predicted molar refractivity (Wildman–Crippen MR) is 112 cm³/mol. The molecule has 0 unspecified atom stereocenters. The maximum atomic E-state index is 12.5. The lowest BCUT2D eigenvalue weighted by atomic mass is 10.1. The van der Waals surface area contributed by atoms with Gasteiger partial charge in [0.05, 0.1) is 18.3 Å². The van der Waals surface area contributed by atoms with Crippen molar-refractivity contribution in [2.45, 2.75) is 6.42 Å². The van der Waals surface area contributed by atoms with Gasteiger partial charge >= 0.3 is 0 Å². The summed E-state index contributed by atoms with van der Waals surface area (Å²) < 4.78 is 5.95. The van der Waals surface area contributed by atoms with Gasteiger partial charge in [-0.3, -0.25) is 9.89 Å². The Balaban J connectivity index is 1.78. The minimum Gasteiger partial charge on any atom is -0.490 e. The Labute approximate surface area is 169 Å². The fourth-order valence-corrected chi connectivity index (χ4v) is 2.88. The van der Waals surface area contributed by atoms with Gasteiger partial charge in [0.2, 0.25) is 5.91 Å². The van der Waals surface area contributed by atoms with Crippen LogP contribution >= 0.6 is 11.6 Å². The average molecular weight is 399 g/mol. The summed E-state index contributed by atoms with van der Waals surface area (Å²) in [6.07, 6.45) is 3.75. The highest BCUT2D eigenvalue weighted by Gasteiger charge is 2.12. The maximum absolute atomic E-state index is 12.5. The summed E-state index contributed by atoms with van der Waals surface area (Å²) in [4.78, 5) is 14.6. The first-order valence-electron chi connectivity index (χ1n) is 8.97. The van der Waals surface area contributed by atoms with Crippen LogP contribution in [0.4, 0.5) is 5.69 Å². The summed E-state index contributed by atoms with van der Waals surface area (Å²) in [5, 5.41) is 10.3. The molecule has 0 saturated carbocycles. The molecule has 146 valence electrons. The van der Waals surface area contributed by atoms with Crippen molar-refractivity contribution in [3.05, 3.63) is 65.4 Å². The highest BCUT2D eigenvalue weighted by molar-refractivity contribution is 6.31. The number of aromatic amines is 1. The molecule has 3 aromatic rings. The lowest BCUT2D eigenvalue weighted by Crippen LogP contribution is -2.20. The van der Waals surface area contributed by atoms with E-state index in [-0.39, 0.29) is 12.3 Å². The zero-order valence-electron chi connectivity index (χ0n) is 15.9. The number of benzene rings is 2. The minimum atomic E-state index is -0.151. The predicted octanol–water partition coefficient (Wildman–Crippen LogP) is 3.85.